The lowest BCUT2D eigenvalue weighted by Gasteiger charge is -2.32. The zero-order valence-electron chi connectivity index (χ0n) is 20.8. The van der Waals surface area contributed by atoms with E-state index in [2.05, 4.69) is 5.32 Å². The highest BCUT2D eigenvalue weighted by Gasteiger charge is 2.33. The molecular weight excluding hydrogens is 533 g/mol. The van der Waals surface area contributed by atoms with Gasteiger partial charge in [0, 0.05) is 17.6 Å². The monoisotopic (exact) mass is 561 g/mol. The van der Waals surface area contributed by atoms with Gasteiger partial charge in [0.25, 0.3) is 10.0 Å². The number of halogens is 2. The number of hydrogen-bond donors (Lipinski definition) is 1. The summed E-state index contributed by atoms with van der Waals surface area (Å²) in [4.78, 5) is 28.0. The topological polar surface area (TPSA) is 86.8 Å². The number of sulfonamides is 1. The highest BCUT2D eigenvalue weighted by Crippen LogP contribution is 2.30. The molecule has 0 bridgehead atoms. The number of benzene rings is 3. The van der Waals surface area contributed by atoms with Crippen molar-refractivity contribution in [1.29, 1.82) is 0 Å². The van der Waals surface area contributed by atoms with Crippen molar-refractivity contribution in [3.63, 3.8) is 0 Å². The zero-order chi connectivity index (χ0) is 27.2. The minimum atomic E-state index is -4.17. The maximum atomic E-state index is 13.8. The van der Waals surface area contributed by atoms with Gasteiger partial charge >= 0.3 is 0 Å². The first-order chi connectivity index (χ1) is 17.5. The van der Waals surface area contributed by atoms with Gasteiger partial charge in [-0.1, -0.05) is 65.7 Å². The lowest BCUT2D eigenvalue weighted by atomic mass is 10.1. The van der Waals surface area contributed by atoms with Gasteiger partial charge < -0.3 is 10.2 Å². The van der Waals surface area contributed by atoms with Gasteiger partial charge in [0.2, 0.25) is 11.8 Å². The third-order valence-corrected chi connectivity index (χ3v) is 7.94. The molecule has 0 aliphatic heterocycles. The molecule has 3 rings (SSSR count). The van der Waals surface area contributed by atoms with E-state index in [0.717, 1.165) is 9.87 Å². The Kier molecular flexibility index (Phi) is 9.59. The van der Waals surface area contributed by atoms with Crippen molar-refractivity contribution in [2.75, 3.05) is 10.8 Å². The van der Waals surface area contributed by atoms with Crippen LogP contribution in [0.15, 0.2) is 83.8 Å². The molecule has 2 amide bonds. The second-order valence-electron chi connectivity index (χ2n) is 8.76. The molecule has 37 heavy (non-hydrogen) atoms. The second-order valence-corrected chi connectivity index (χ2v) is 11.5. The second kappa shape index (κ2) is 12.4. The maximum absolute atomic E-state index is 13.8. The number of amides is 2. The van der Waals surface area contributed by atoms with Crippen LogP contribution < -0.4 is 9.62 Å². The van der Waals surface area contributed by atoms with Crippen LogP contribution in [0.5, 0.6) is 0 Å². The van der Waals surface area contributed by atoms with Gasteiger partial charge in [-0.05, 0) is 62.7 Å². The fraction of sp³-hybridized carbons (Fsp3) is 0.259. The van der Waals surface area contributed by atoms with E-state index >= 15 is 0 Å². The van der Waals surface area contributed by atoms with Gasteiger partial charge in [0.1, 0.15) is 12.6 Å². The van der Waals surface area contributed by atoms with Crippen LogP contribution in [-0.4, -0.2) is 43.8 Å². The molecule has 0 saturated heterocycles. The minimum absolute atomic E-state index is 0.0116. The highest BCUT2D eigenvalue weighted by atomic mass is 35.5. The highest BCUT2D eigenvalue weighted by molar-refractivity contribution is 7.92. The lowest BCUT2D eigenvalue weighted by molar-refractivity contribution is -0.139. The van der Waals surface area contributed by atoms with Crippen molar-refractivity contribution >= 4 is 50.7 Å². The van der Waals surface area contributed by atoms with Crippen molar-refractivity contribution < 1.29 is 18.0 Å². The summed E-state index contributed by atoms with van der Waals surface area (Å²) in [5, 5.41) is 3.52. The van der Waals surface area contributed by atoms with E-state index in [0.29, 0.717) is 5.02 Å². The molecular formula is C27H29Cl2N3O4S. The number of nitrogens with zero attached hydrogens (tertiary/aromatic N) is 2. The van der Waals surface area contributed by atoms with Crippen molar-refractivity contribution in [1.82, 2.24) is 10.2 Å². The largest absolute Gasteiger partial charge is 0.352 e. The molecule has 0 aliphatic carbocycles. The average molecular weight is 563 g/mol. The van der Waals surface area contributed by atoms with Crippen molar-refractivity contribution in [3.8, 4) is 0 Å². The van der Waals surface area contributed by atoms with Crippen LogP contribution in [0.3, 0.4) is 0 Å². The third-order valence-electron chi connectivity index (χ3n) is 5.60. The number of carbonyl (C=O) groups excluding carboxylic acids is 2. The summed E-state index contributed by atoms with van der Waals surface area (Å²) in [6.07, 6.45) is 0. The molecule has 0 heterocycles. The van der Waals surface area contributed by atoms with Crippen molar-refractivity contribution in [2.45, 2.75) is 44.3 Å². The summed E-state index contributed by atoms with van der Waals surface area (Å²) in [7, 11) is -4.17. The first-order valence-corrected chi connectivity index (χ1v) is 13.9. The number of carbonyl (C=O) groups is 2. The number of anilines is 1. The van der Waals surface area contributed by atoms with Crippen LogP contribution in [0.1, 0.15) is 26.3 Å². The summed E-state index contributed by atoms with van der Waals surface area (Å²) in [6, 6.07) is 20.1. The van der Waals surface area contributed by atoms with Gasteiger partial charge in [-0.2, -0.15) is 0 Å². The van der Waals surface area contributed by atoms with E-state index in [1.165, 1.54) is 23.1 Å². The van der Waals surface area contributed by atoms with Crippen LogP contribution in [0.25, 0.3) is 0 Å². The first-order valence-electron chi connectivity index (χ1n) is 11.7. The summed E-state index contributed by atoms with van der Waals surface area (Å²) in [6.45, 7) is 4.76. The Bertz CT molecular complexity index is 1330. The Morgan fingerprint density at radius 1 is 0.865 bits per heavy atom. The predicted molar refractivity (Wildman–Crippen MR) is 147 cm³/mol. The fourth-order valence-corrected chi connectivity index (χ4v) is 5.53. The molecule has 10 heteroatoms. The minimum Gasteiger partial charge on any atom is -0.352 e. The Balaban J connectivity index is 2.02. The number of para-hydroxylation sites is 1. The Labute approximate surface area is 228 Å². The summed E-state index contributed by atoms with van der Waals surface area (Å²) in [5.74, 6) is -0.923. The van der Waals surface area contributed by atoms with E-state index in [4.69, 9.17) is 23.2 Å². The molecule has 0 aromatic heterocycles. The maximum Gasteiger partial charge on any atom is 0.264 e. The van der Waals surface area contributed by atoms with E-state index in [1.54, 1.807) is 67.6 Å². The quantitative estimate of drug-likeness (QED) is 0.371. The van der Waals surface area contributed by atoms with E-state index in [1.807, 2.05) is 13.8 Å². The van der Waals surface area contributed by atoms with Crippen LogP contribution in [0.2, 0.25) is 10.0 Å². The van der Waals surface area contributed by atoms with Crippen LogP contribution in [-0.2, 0) is 26.2 Å². The van der Waals surface area contributed by atoms with Gasteiger partial charge in [0.05, 0.1) is 15.6 Å². The van der Waals surface area contributed by atoms with Gasteiger partial charge in [-0.15, -0.1) is 0 Å². The standard InChI is InChI=1S/C27H29Cl2N3O4S/c1-19(2)30-27(34)20(3)31(17-21-13-15-22(28)16-14-21)26(33)18-32(25-12-8-7-11-24(25)29)37(35,36)23-9-5-4-6-10-23/h4-16,19-20H,17-18H2,1-3H3,(H,30,34)/t20-/m1/s1. The number of rotatable bonds is 10. The van der Waals surface area contributed by atoms with Gasteiger partial charge in [-0.25, -0.2) is 8.42 Å². The average Bonchev–Trinajstić information content (AvgIpc) is 2.87. The molecule has 0 spiro atoms. The number of nitrogens with one attached hydrogen (secondary N) is 1. The third kappa shape index (κ3) is 7.25. The summed E-state index contributed by atoms with van der Waals surface area (Å²) in [5.41, 5.74) is 0.893. The summed E-state index contributed by atoms with van der Waals surface area (Å²) >= 11 is 12.4. The van der Waals surface area contributed by atoms with Crippen LogP contribution >= 0.6 is 23.2 Å². The molecule has 0 unspecified atom stereocenters. The molecule has 0 fully saturated rings. The Morgan fingerprint density at radius 2 is 1.46 bits per heavy atom. The molecule has 1 N–H and O–H groups in total. The molecule has 196 valence electrons. The van der Waals surface area contributed by atoms with Crippen molar-refractivity contribution in [3.05, 3.63) is 94.5 Å². The molecule has 0 radical (unpaired) electrons. The van der Waals surface area contributed by atoms with Crippen molar-refractivity contribution in [2.24, 2.45) is 0 Å². The SMILES string of the molecule is CC(C)NC(=O)[C@@H](C)N(Cc1ccc(Cl)cc1)C(=O)CN(c1ccccc1Cl)S(=O)(=O)c1ccccc1. The first kappa shape index (κ1) is 28.5. The normalized spacial score (nSPS) is 12.2. The lowest BCUT2D eigenvalue weighted by Crippen LogP contribution is -2.52. The van der Waals surface area contributed by atoms with Gasteiger partial charge in [0.15, 0.2) is 0 Å². The van der Waals surface area contributed by atoms with Gasteiger partial charge in [-0.3, -0.25) is 13.9 Å². The zero-order valence-corrected chi connectivity index (χ0v) is 23.1. The molecule has 1 atom stereocenters. The number of hydrogen-bond acceptors (Lipinski definition) is 4. The smallest absolute Gasteiger partial charge is 0.264 e. The Hall–Kier alpha value is -3.07. The van der Waals surface area contributed by atoms with E-state index < -0.39 is 28.5 Å². The summed E-state index contributed by atoms with van der Waals surface area (Å²) < 4.78 is 28.4. The van der Waals surface area contributed by atoms with Crippen LogP contribution in [0, 0.1) is 0 Å². The molecule has 0 aliphatic rings. The molecule has 0 saturated carbocycles. The van der Waals surface area contributed by atoms with Crippen LogP contribution in [0.4, 0.5) is 5.69 Å². The fourth-order valence-electron chi connectivity index (χ4n) is 3.66. The molecule has 3 aromatic rings. The van der Waals surface area contributed by atoms with E-state index in [9.17, 15) is 18.0 Å². The van der Waals surface area contributed by atoms with E-state index in [-0.39, 0.29) is 34.1 Å². The molecule has 3 aromatic carbocycles. The molecule has 7 nitrogen and oxygen atoms in total. The Morgan fingerprint density at radius 3 is 2.05 bits per heavy atom. The predicted octanol–water partition coefficient (Wildman–Crippen LogP) is 5.13.